The number of nitrogens with zero attached hydrogens (tertiary/aromatic N) is 2. The van der Waals surface area contributed by atoms with Crippen LogP contribution in [0.4, 0.5) is 27.1 Å². The molecule has 2 saturated heterocycles. The summed E-state index contributed by atoms with van der Waals surface area (Å²) in [5.41, 5.74) is 3.79. The van der Waals surface area contributed by atoms with Crippen molar-refractivity contribution in [2.75, 3.05) is 54.5 Å². The van der Waals surface area contributed by atoms with Crippen molar-refractivity contribution in [2.45, 2.75) is 22.6 Å². The molecule has 4 nitrogen and oxygen atoms in total. The van der Waals surface area contributed by atoms with Gasteiger partial charge in [-0.25, -0.2) is 4.39 Å². The molecule has 2 aromatic rings. The number of rotatable bonds is 2. The highest BCUT2D eigenvalue weighted by atomic mass is 32.2. The lowest BCUT2D eigenvalue weighted by Crippen LogP contribution is -2.36. The van der Waals surface area contributed by atoms with E-state index in [2.05, 4.69) is 39.4 Å². The van der Waals surface area contributed by atoms with Crippen LogP contribution in [0.3, 0.4) is 0 Å². The smallest absolute Gasteiger partial charge is 0.149 e. The molecule has 0 bridgehead atoms. The van der Waals surface area contributed by atoms with Crippen LogP contribution in [-0.2, 0) is 4.74 Å². The molecule has 3 aliphatic rings. The van der Waals surface area contributed by atoms with Crippen LogP contribution in [0.2, 0.25) is 0 Å². The normalized spacial score (nSPS) is 19.1. The Balaban J connectivity index is 1.46. The minimum atomic E-state index is -0.189. The lowest BCUT2D eigenvalue weighted by Gasteiger charge is -2.31. The molecule has 6 heteroatoms. The fourth-order valence-corrected chi connectivity index (χ4v) is 4.97. The Morgan fingerprint density at radius 3 is 2.42 bits per heavy atom. The van der Waals surface area contributed by atoms with E-state index in [9.17, 15) is 4.39 Å². The topological polar surface area (TPSA) is 27.7 Å². The number of halogens is 1. The number of ether oxygens (including phenoxy) is 1. The Hall–Kier alpha value is -1.92. The molecule has 0 aromatic heterocycles. The van der Waals surface area contributed by atoms with Gasteiger partial charge in [0.1, 0.15) is 5.82 Å². The summed E-state index contributed by atoms with van der Waals surface area (Å²) in [6.45, 7) is 5.28. The Labute approximate surface area is 157 Å². The second-order valence-electron chi connectivity index (χ2n) is 7.00. The molecule has 3 aliphatic heterocycles. The van der Waals surface area contributed by atoms with Gasteiger partial charge < -0.3 is 19.9 Å². The highest BCUT2D eigenvalue weighted by Gasteiger charge is 2.23. The zero-order chi connectivity index (χ0) is 17.5. The van der Waals surface area contributed by atoms with E-state index in [1.165, 1.54) is 23.4 Å². The molecule has 5 rings (SSSR count). The second-order valence-corrected chi connectivity index (χ2v) is 8.09. The van der Waals surface area contributed by atoms with Crippen LogP contribution in [0.25, 0.3) is 0 Å². The van der Waals surface area contributed by atoms with Gasteiger partial charge in [0.05, 0.1) is 24.6 Å². The zero-order valence-electron chi connectivity index (χ0n) is 14.6. The summed E-state index contributed by atoms with van der Waals surface area (Å²) in [5.74, 6) is -0.189. The van der Waals surface area contributed by atoms with Crippen molar-refractivity contribution in [2.24, 2.45) is 0 Å². The van der Waals surface area contributed by atoms with Crippen molar-refractivity contribution >= 4 is 34.5 Å². The number of anilines is 4. The third-order valence-electron chi connectivity index (χ3n) is 5.33. The molecule has 3 heterocycles. The summed E-state index contributed by atoms with van der Waals surface area (Å²) in [7, 11) is 0. The lowest BCUT2D eigenvalue weighted by molar-refractivity contribution is 0.122. The number of fused-ring (bicyclic) bond motifs is 2. The van der Waals surface area contributed by atoms with Gasteiger partial charge in [0.25, 0.3) is 0 Å². The SMILES string of the molecule is Fc1cc(N2CCOCC2)cc2c1Nc1ccc(N3CCCC3)cc1S2. The van der Waals surface area contributed by atoms with E-state index in [4.69, 9.17) is 4.74 Å². The summed E-state index contributed by atoms with van der Waals surface area (Å²) in [6, 6.07) is 10.2. The van der Waals surface area contributed by atoms with Crippen molar-refractivity contribution in [1.29, 1.82) is 0 Å². The van der Waals surface area contributed by atoms with E-state index in [1.807, 2.05) is 0 Å². The van der Waals surface area contributed by atoms with E-state index >= 15 is 0 Å². The van der Waals surface area contributed by atoms with Crippen molar-refractivity contribution in [1.82, 2.24) is 0 Å². The number of morpholine rings is 1. The van der Waals surface area contributed by atoms with Crippen molar-refractivity contribution < 1.29 is 9.13 Å². The number of benzene rings is 2. The summed E-state index contributed by atoms with van der Waals surface area (Å²) in [5, 5.41) is 3.30. The molecule has 0 aliphatic carbocycles. The molecule has 136 valence electrons. The van der Waals surface area contributed by atoms with Crippen LogP contribution in [-0.4, -0.2) is 39.4 Å². The van der Waals surface area contributed by atoms with Crippen LogP contribution in [0.15, 0.2) is 40.1 Å². The molecule has 0 amide bonds. The van der Waals surface area contributed by atoms with Gasteiger partial charge in [-0.15, -0.1) is 0 Å². The van der Waals surface area contributed by atoms with Crippen LogP contribution in [0, 0.1) is 5.82 Å². The van der Waals surface area contributed by atoms with Gasteiger partial charge in [0.15, 0.2) is 0 Å². The van der Waals surface area contributed by atoms with E-state index in [0.29, 0.717) is 18.9 Å². The van der Waals surface area contributed by atoms with Crippen LogP contribution in [0.1, 0.15) is 12.8 Å². The van der Waals surface area contributed by atoms with Crippen LogP contribution < -0.4 is 15.1 Å². The molecule has 2 aromatic carbocycles. The highest BCUT2D eigenvalue weighted by molar-refractivity contribution is 7.99. The first kappa shape index (κ1) is 16.3. The second kappa shape index (κ2) is 6.67. The van der Waals surface area contributed by atoms with E-state index in [1.54, 1.807) is 17.8 Å². The first-order valence-corrected chi connectivity index (χ1v) is 10.1. The van der Waals surface area contributed by atoms with Gasteiger partial charge in [-0.3, -0.25) is 0 Å². The van der Waals surface area contributed by atoms with Crippen molar-refractivity contribution in [3.63, 3.8) is 0 Å². The number of hydrogen-bond donors (Lipinski definition) is 1. The Bertz CT molecular complexity index is 832. The average molecular weight is 371 g/mol. The molecule has 0 radical (unpaired) electrons. The Morgan fingerprint density at radius 1 is 0.885 bits per heavy atom. The zero-order valence-corrected chi connectivity index (χ0v) is 15.4. The van der Waals surface area contributed by atoms with Gasteiger partial charge in [0.2, 0.25) is 0 Å². The molecule has 26 heavy (non-hydrogen) atoms. The molecule has 0 spiro atoms. The minimum absolute atomic E-state index is 0.189. The van der Waals surface area contributed by atoms with E-state index in [0.717, 1.165) is 42.4 Å². The largest absolute Gasteiger partial charge is 0.378 e. The van der Waals surface area contributed by atoms with E-state index < -0.39 is 0 Å². The summed E-state index contributed by atoms with van der Waals surface area (Å²) in [4.78, 5) is 6.75. The fraction of sp³-hybridized carbons (Fsp3) is 0.400. The quantitative estimate of drug-likeness (QED) is 0.717. The fourth-order valence-electron chi connectivity index (χ4n) is 3.90. The first-order chi connectivity index (χ1) is 12.8. The molecule has 0 unspecified atom stereocenters. The Morgan fingerprint density at radius 2 is 1.62 bits per heavy atom. The Kier molecular flexibility index (Phi) is 4.17. The van der Waals surface area contributed by atoms with Crippen molar-refractivity contribution in [3.8, 4) is 0 Å². The minimum Gasteiger partial charge on any atom is -0.378 e. The average Bonchev–Trinajstić information content (AvgIpc) is 3.22. The van der Waals surface area contributed by atoms with Gasteiger partial charge in [-0.2, -0.15) is 0 Å². The molecular formula is C20H22FN3OS. The lowest BCUT2D eigenvalue weighted by atomic mass is 10.2. The third-order valence-corrected chi connectivity index (χ3v) is 6.43. The highest BCUT2D eigenvalue weighted by Crippen LogP contribution is 2.48. The molecule has 0 atom stereocenters. The first-order valence-electron chi connectivity index (χ1n) is 9.28. The molecule has 1 N–H and O–H groups in total. The maximum atomic E-state index is 14.8. The predicted molar refractivity (Wildman–Crippen MR) is 105 cm³/mol. The predicted octanol–water partition coefficient (Wildman–Crippen LogP) is 4.47. The van der Waals surface area contributed by atoms with E-state index in [-0.39, 0.29) is 5.82 Å². The number of hydrogen-bond acceptors (Lipinski definition) is 5. The summed E-state index contributed by atoms with van der Waals surface area (Å²) >= 11 is 1.66. The number of nitrogens with one attached hydrogen (secondary N) is 1. The van der Waals surface area contributed by atoms with Gasteiger partial charge in [-0.05, 0) is 43.2 Å². The third kappa shape index (κ3) is 2.91. The maximum Gasteiger partial charge on any atom is 0.149 e. The van der Waals surface area contributed by atoms with Crippen LogP contribution >= 0.6 is 11.8 Å². The van der Waals surface area contributed by atoms with Gasteiger partial charge in [-0.1, -0.05) is 11.8 Å². The summed E-state index contributed by atoms with van der Waals surface area (Å²) in [6.07, 6.45) is 2.53. The van der Waals surface area contributed by atoms with Gasteiger partial charge in [0, 0.05) is 47.3 Å². The monoisotopic (exact) mass is 371 g/mol. The maximum absolute atomic E-state index is 14.8. The molecular weight excluding hydrogens is 349 g/mol. The van der Waals surface area contributed by atoms with Crippen molar-refractivity contribution in [3.05, 3.63) is 36.1 Å². The standard InChI is InChI=1S/C20H22FN3OS/c21-16-11-15(24-7-9-25-10-8-24)13-19-20(16)22-17-4-3-14(12-18(17)26-19)23-5-1-2-6-23/h3-4,11-13,22H,1-2,5-10H2. The van der Waals surface area contributed by atoms with Crippen LogP contribution in [0.5, 0.6) is 0 Å². The summed E-state index contributed by atoms with van der Waals surface area (Å²) < 4.78 is 20.2. The molecule has 2 fully saturated rings. The molecule has 0 saturated carbocycles. The van der Waals surface area contributed by atoms with Gasteiger partial charge >= 0.3 is 0 Å².